The summed E-state index contributed by atoms with van der Waals surface area (Å²) in [5, 5.41) is 9.57. The van der Waals surface area contributed by atoms with Gasteiger partial charge in [0.25, 0.3) is 0 Å². The minimum atomic E-state index is -1.76. The van der Waals surface area contributed by atoms with Crippen molar-refractivity contribution in [2.75, 3.05) is 13.2 Å². The lowest BCUT2D eigenvalue weighted by molar-refractivity contribution is -0.159. The third-order valence-corrected chi connectivity index (χ3v) is 6.06. The molecule has 2 atom stereocenters. The smallest absolute Gasteiger partial charge is 0.410 e. The highest BCUT2D eigenvalue weighted by molar-refractivity contribution is 5.88. The maximum atomic E-state index is 13.1. The lowest BCUT2D eigenvalue weighted by Gasteiger charge is -2.27. The van der Waals surface area contributed by atoms with Crippen LogP contribution in [0, 0.1) is 0 Å². The Labute approximate surface area is 192 Å². The Balaban J connectivity index is 1.54. The summed E-state index contributed by atoms with van der Waals surface area (Å²) in [7, 11) is 0. The fraction of sp³-hybridized carbons (Fsp3) is 0.400. The first-order chi connectivity index (χ1) is 15.5. The zero-order valence-electron chi connectivity index (χ0n) is 18.9. The summed E-state index contributed by atoms with van der Waals surface area (Å²) < 4.78 is 11.0. The van der Waals surface area contributed by atoms with Crippen molar-refractivity contribution in [3.05, 3.63) is 59.7 Å². The number of esters is 1. The Hall–Kier alpha value is -3.39. The molecular formula is C25H28N2O6. The highest BCUT2D eigenvalue weighted by atomic mass is 16.6. The third-order valence-electron chi connectivity index (χ3n) is 6.06. The largest absolute Gasteiger partial charge is 0.480 e. The quantitative estimate of drug-likeness (QED) is 0.684. The van der Waals surface area contributed by atoms with Gasteiger partial charge in [0.15, 0.2) is 0 Å². The fourth-order valence-electron chi connectivity index (χ4n) is 4.54. The predicted octanol–water partition coefficient (Wildman–Crippen LogP) is 3.13. The first-order valence-corrected chi connectivity index (χ1v) is 10.9. The molecule has 2 aromatic rings. The number of fused-ring (bicyclic) bond motifs is 3. The van der Waals surface area contributed by atoms with Crippen LogP contribution in [0.4, 0.5) is 4.79 Å². The predicted molar refractivity (Wildman–Crippen MR) is 121 cm³/mol. The van der Waals surface area contributed by atoms with Gasteiger partial charge in [-0.05, 0) is 43.0 Å². The molecule has 1 aliphatic heterocycles. The summed E-state index contributed by atoms with van der Waals surface area (Å²) in [5.41, 5.74) is 7.74. The molecular weight excluding hydrogens is 424 g/mol. The number of carbonyl (C=O) groups is 3. The van der Waals surface area contributed by atoms with Gasteiger partial charge >= 0.3 is 18.0 Å². The molecule has 8 heteroatoms. The molecule has 1 amide bonds. The zero-order valence-corrected chi connectivity index (χ0v) is 18.9. The summed E-state index contributed by atoms with van der Waals surface area (Å²) in [5.74, 6) is -2.15. The van der Waals surface area contributed by atoms with Gasteiger partial charge in [0.05, 0.1) is 6.54 Å². The maximum absolute atomic E-state index is 13.1. The second-order valence-electron chi connectivity index (χ2n) is 9.65. The number of hydrogen-bond donors (Lipinski definition) is 2. The molecule has 174 valence electrons. The van der Waals surface area contributed by atoms with E-state index in [1.54, 1.807) is 20.8 Å². The van der Waals surface area contributed by atoms with Gasteiger partial charge in [-0.3, -0.25) is 9.69 Å². The van der Waals surface area contributed by atoms with Crippen molar-refractivity contribution < 1.29 is 29.0 Å². The van der Waals surface area contributed by atoms with Crippen LogP contribution in [0.25, 0.3) is 11.1 Å². The molecule has 1 fully saturated rings. The number of likely N-dealkylation sites (tertiary alicyclic amines) is 1. The number of aliphatic carboxylic acids is 1. The van der Waals surface area contributed by atoms with Gasteiger partial charge in [-0.15, -0.1) is 0 Å². The molecule has 1 aliphatic carbocycles. The van der Waals surface area contributed by atoms with Crippen LogP contribution in [0.1, 0.15) is 44.2 Å². The van der Waals surface area contributed by atoms with Crippen LogP contribution < -0.4 is 5.73 Å². The van der Waals surface area contributed by atoms with Gasteiger partial charge in [-0.1, -0.05) is 48.5 Å². The molecule has 0 radical (unpaired) electrons. The van der Waals surface area contributed by atoms with Gasteiger partial charge < -0.3 is 20.3 Å². The Kier molecular flexibility index (Phi) is 5.66. The van der Waals surface area contributed by atoms with Crippen LogP contribution in [-0.4, -0.2) is 58.4 Å². The molecule has 2 aliphatic rings. The molecule has 0 spiro atoms. The molecule has 0 bridgehead atoms. The molecule has 3 N–H and O–H groups in total. The summed E-state index contributed by atoms with van der Waals surface area (Å²) >= 11 is 0. The Bertz CT molecular complexity index is 1060. The second kappa shape index (κ2) is 8.19. The molecule has 0 saturated carbocycles. The number of rotatable bonds is 4. The second-order valence-corrected chi connectivity index (χ2v) is 9.65. The highest BCUT2D eigenvalue weighted by Crippen LogP contribution is 2.44. The van der Waals surface area contributed by atoms with Crippen molar-refractivity contribution in [2.45, 2.75) is 50.3 Å². The van der Waals surface area contributed by atoms with E-state index in [9.17, 15) is 19.5 Å². The molecule has 0 aromatic heterocycles. The summed E-state index contributed by atoms with van der Waals surface area (Å²) in [6, 6.07) is 14.7. The van der Waals surface area contributed by atoms with Crippen LogP contribution in [0.2, 0.25) is 0 Å². The lowest BCUT2D eigenvalue weighted by Crippen LogP contribution is -2.50. The van der Waals surface area contributed by atoms with Crippen LogP contribution >= 0.6 is 0 Å². The van der Waals surface area contributed by atoms with E-state index in [1.807, 2.05) is 48.5 Å². The number of hydrogen-bond acceptors (Lipinski definition) is 6. The number of carboxylic acids is 1. The standard InChI is InChI=1S/C25H28N2O6/c1-24(2,3)33-21(28)20-12-25(26,22(29)30)14-27(20)23(31)32-13-19-17-10-6-4-8-15(17)16-9-5-7-11-18(16)19/h4-11,19-20H,12-14,26H2,1-3H3,(H,29,30). The van der Waals surface area contributed by atoms with Gasteiger partial charge in [0.1, 0.15) is 23.8 Å². The number of carboxylic acid groups (broad SMARTS) is 1. The summed E-state index contributed by atoms with van der Waals surface area (Å²) in [4.78, 5) is 38.6. The van der Waals surface area contributed by atoms with Gasteiger partial charge in [-0.2, -0.15) is 0 Å². The summed E-state index contributed by atoms with van der Waals surface area (Å²) in [6.07, 6.45) is -1.04. The normalized spacial score (nSPS) is 21.9. The zero-order chi connectivity index (χ0) is 24.0. The average Bonchev–Trinajstić information content (AvgIpc) is 3.28. The maximum Gasteiger partial charge on any atom is 0.410 e. The lowest BCUT2D eigenvalue weighted by atomic mass is 9.97. The Morgan fingerprint density at radius 1 is 1.06 bits per heavy atom. The molecule has 2 aromatic carbocycles. The van der Waals surface area contributed by atoms with E-state index in [0.717, 1.165) is 27.2 Å². The van der Waals surface area contributed by atoms with Gasteiger partial charge in [-0.25, -0.2) is 9.59 Å². The monoisotopic (exact) mass is 452 g/mol. The Morgan fingerprint density at radius 3 is 2.12 bits per heavy atom. The first kappa shape index (κ1) is 22.8. The molecule has 4 rings (SSSR count). The van der Waals surface area contributed by atoms with Crippen molar-refractivity contribution in [1.29, 1.82) is 0 Å². The summed E-state index contributed by atoms with van der Waals surface area (Å²) in [6.45, 7) is 4.80. The van der Waals surface area contributed by atoms with Crippen molar-refractivity contribution in [2.24, 2.45) is 5.73 Å². The third kappa shape index (κ3) is 4.30. The van der Waals surface area contributed by atoms with Gasteiger partial charge in [0.2, 0.25) is 0 Å². The van der Waals surface area contributed by atoms with E-state index in [-0.39, 0.29) is 25.5 Å². The number of ether oxygens (including phenoxy) is 2. The topological polar surface area (TPSA) is 119 Å². The first-order valence-electron chi connectivity index (χ1n) is 10.9. The van der Waals surface area contributed by atoms with E-state index < -0.39 is 35.2 Å². The van der Waals surface area contributed by atoms with E-state index in [2.05, 4.69) is 0 Å². The number of nitrogens with zero attached hydrogens (tertiary/aromatic N) is 1. The van der Waals surface area contributed by atoms with Crippen molar-refractivity contribution in [1.82, 2.24) is 4.90 Å². The van der Waals surface area contributed by atoms with E-state index in [1.165, 1.54) is 0 Å². The van der Waals surface area contributed by atoms with Crippen molar-refractivity contribution in [3.8, 4) is 11.1 Å². The Morgan fingerprint density at radius 2 is 1.61 bits per heavy atom. The minimum absolute atomic E-state index is 0.0506. The van der Waals surface area contributed by atoms with E-state index in [4.69, 9.17) is 15.2 Å². The van der Waals surface area contributed by atoms with Crippen LogP contribution in [0.15, 0.2) is 48.5 Å². The average molecular weight is 453 g/mol. The molecule has 1 saturated heterocycles. The van der Waals surface area contributed by atoms with Crippen LogP contribution in [0.5, 0.6) is 0 Å². The number of benzene rings is 2. The van der Waals surface area contributed by atoms with Crippen molar-refractivity contribution in [3.63, 3.8) is 0 Å². The van der Waals surface area contributed by atoms with Gasteiger partial charge in [0, 0.05) is 12.3 Å². The van der Waals surface area contributed by atoms with Crippen LogP contribution in [-0.2, 0) is 19.1 Å². The van der Waals surface area contributed by atoms with E-state index >= 15 is 0 Å². The van der Waals surface area contributed by atoms with Crippen LogP contribution in [0.3, 0.4) is 0 Å². The number of amides is 1. The number of carbonyl (C=O) groups excluding carboxylic acids is 2. The molecule has 1 heterocycles. The number of nitrogens with two attached hydrogens (primary N) is 1. The fourth-order valence-corrected chi connectivity index (χ4v) is 4.54. The van der Waals surface area contributed by atoms with Crippen molar-refractivity contribution >= 4 is 18.0 Å². The van der Waals surface area contributed by atoms with E-state index in [0.29, 0.717) is 0 Å². The minimum Gasteiger partial charge on any atom is -0.480 e. The SMILES string of the molecule is CC(C)(C)OC(=O)C1CC(N)(C(=O)O)CN1C(=O)OCC1c2ccccc2-c2ccccc21. The highest BCUT2D eigenvalue weighted by Gasteiger charge is 2.53. The molecule has 2 unspecified atom stereocenters. The molecule has 8 nitrogen and oxygen atoms in total. The molecule has 33 heavy (non-hydrogen) atoms.